The van der Waals surface area contributed by atoms with Gasteiger partial charge in [0.15, 0.2) is 0 Å². The number of carbonyl (C=O) groups is 3. The van der Waals surface area contributed by atoms with Gasteiger partial charge in [0.05, 0.1) is 11.3 Å². The number of rotatable bonds is 7. The number of benzene rings is 2. The van der Waals surface area contributed by atoms with Crippen LogP contribution in [0, 0.1) is 5.82 Å². The lowest BCUT2D eigenvalue weighted by molar-refractivity contribution is -0.192. The van der Waals surface area contributed by atoms with Crippen molar-refractivity contribution in [3.63, 3.8) is 0 Å². The third-order valence-corrected chi connectivity index (χ3v) is 5.32. The minimum atomic E-state index is -5.08. The van der Waals surface area contributed by atoms with Gasteiger partial charge in [-0.1, -0.05) is 13.3 Å². The van der Waals surface area contributed by atoms with E-state index < -0.39 is 18.1 Å². The Morgan fingerprint density at radius 3 is 2.00 bits per heavy atom. The summed E-state index contributed by atoms with van der Waals surface area (Å²) in [5, 5.41) is 19.6. The molecule has 0 unspecified atom stereocenters. The number of hydrogen-bond acceptors (Lipinski definition) is 5. The van der Waals surface area contributed by atoms with Crippen LogP contribution in [0.1, 0.15) is 36.5 Å². The van der Waals surface area contributed by atoms with Crippen molar-refractivity contribution in [1.82, 2.24) is 0 Å². The summed E-state index contributed by atoms with van der Waals surface area (Å²) in [5.41, 5.74) is 2.27. The maximum Gasteiger partial charge on any atom is 0.490 e. The predicted octanol–water partition coefficient (Wildman–Crippen LogP) is 4.61. The first kappa shape index (κ1) is 28.4. The van der Waals surface area contributed by atoms with Gasteiger partial charge < -0.3 is 25.3 Å². The number of aliphatic carboxylic acids is 1. The van der Waals surface area contributed by atoms with Crippen LogP contribution in [0.2, 0.25) is 0 Å². The molecule has 0 saturated carbocycles. The Bertz CT molecular complexity index is 1050. The number of carboxylic acids is 2. The molecule has 36 heavy (non-hydrogen) atoms. The van der Waals surface area contributed by atoms with Gasteiger partial charge >= 0.3 is 18.1 Å². The number of nitrogens with one attached hydrogen (secondary N) is 1. The van der Waals surface area contributed by atoms with Gasteiger partial charge in [0.25, 0.3) is 0 Å². The topological polar surface area (TPSA) is 110 Å². The third kappa shape index (κ3) is 8.43. The average Bonchev–Trinajstić information content (AvgIpc) is 2.83. The van der Waals surface area contributed by atoms with Crippen molar-refractivity contribution < 1.29 is 42.2 Å². The van der Waals surface area contributed by atoms with E-state index in [1.807, 2.05) is 11.8 Å². The first-order valence-corrected chi connectivity index (χ1v) is 11.1. The first-order valence-electron chi connectivity index (χ1n) is 11.1. The van der Waals surface area contributed by atoms with Gasteiger partial charge in [0, 0.05) is 44.0 Å². The van der Waals surface area contributed by atoms with Crippen LogP contribution in [-0.2, 0) is 9.59 Å². The molecule has 3 N–H and O–H groups in total. The van der Waals surface area contributed by atoms with Gasteiger partial charge in [0.2, 0.25) is 5.91 Å². The third-order valence-electron chi connectivity index (χ3n) is 5.32. The van der Waals surface area contributed by atoms with Gasteiger partial charge in [-0.3, -0.25) is 4.79 Å². The van der Waals surface area contributed by atoms with E-state index in [0.29, 0.717) is 44.0 Å². The summed E-state index contributed by atoms with van der Waals surface area (Å²) >= 11 is 0. The monoisotopic (exact) mass is 513 g/mol. The summed E-state index contributed by atoms with van der Waals surface area (Å²) in [7, 11) is 0. The van der Waals surface area contributed by atoms with Crippen molar-refractivity contribution in [3.8, 4) is 0 Å². The summed E-state index contributed by atoms with van der Waals surface area (Å²) in [5.74, 6) is -4.15. The standard InChI is InChI=1S/C22H26FN3O3.C2HF3O2/c1-2-3-4-21(27)24-17-7-10-20(19(15-17)22(28)29)26-13-11-25(12-14-26)18-8-5-16(23)6-9-18;3-2(4,5)1(6)7/h5-10,15H,2-4,11-14H2,1H3,(H,24,27)(H,28,29);(H,6,7). The van der Waals surface area contributed by atoms with E-state index in [0.717, 1.165) is 18.5 Å². The van der Waals surface area contributed by atoms with E-state index in [1.54, 1.807) is 24.3 Å². The molecule has 2 aromatic carbocycles. The van der Waals surface area contributed by atoms with Gasteiger partial charge in [-0.05, 0) is 48.9 Å². The van der Waals surface area contributed by atoms with Crippen LogP contribution in [0.5, 0.6) is 0 Å². The Morgan fingerprint density at radius 2 is 1.50 bits per heavy atom. The van der Waals surface area contributed by atoms with Crippen LogP contribution in [0.4, 0.5) is 34.6 Å². The highest BCUT2D eigenvalue weighted by Gasteiger charge is 2.38. The maximum absolute atomic E-state index is 13.1. The number of nitrogens with zero attached hydrogens (tertiary/aromatic N) is 2. The molecule has 196 valence electrons. The van der Waals surface area contributed by atoms with E-state index >= 15 is 0 Å². The number of alkyl halides is 3. The zero-order chi connectivity index (χ0) is 26.9. The molecule has 0 bridgehead atoms. The van der Waals surface area contributed by atoms with Crippen LogP contribution in [0.15, 0.2) is 42.5 Å². The van der Waals surface area contributed by atoms with Gasteiger partial charge in [-0.15, -0.1) is 0 Å². The van der Waals surface area contributed by atoms with E-state index in [4.69, 9.17) is 9.90 Å². The number of piperazine rings is 1. The molecule has 0 aliphatic carbocycles. The number of carbonyl (C=O) groups excluding carboxylic acids is 1. The normalized spacial score (nSPS) is 13.5. The Morgan fingerprint density at radius 1 is 0.944 bits per heavy atom. The lowest BCUT2D eigenvalue weighted by Crippen LogP contribution is -2.47. The molecule has 1 heterocycles. The Labute approximate surface area is 205 Å². The second-order valence-corrected chi connectivity index (χ2v) is 7.94. The number of amides is 1. The Kier molecular flexibility index (Phi) is 10.1. The van der Waals surface area contributed by atoms with E-state index in [9.17, 15) is 32.3 Å². The van der Waals surface area contributed by atoms with Gasteiger partial charge in [0.1, 0.15) is 5.82 Å². The zero-order valence-electron chi connectivity index (χ0n) is 19.5. The first-order chi connectivity index (χ1) is 16.9. The fourth-order valence-electron chi connectivity index (χ4n) is 3.48. The van der Waals surface area contributed by atoms with Crippen molar-refractivity contribution >= 4 is 34.9 Å². The second-order valence-electron chi connectivity index (χ2n) is 7.94. The fraction of sp³-hybridized carbons (Fsp3) is 0.375. The molecular formula is C24H27F4N3O5. The smallest absolute Gasteiger partial charge is 0.478 e. The van der Waals surface area contributed by atoms with E-state index in [1.165, 1.54) is 18.2 Å². The van der Waals surface area contributed by atoms with E-state index in [-0.39, 0.29) is 17.3 Å². The van der Waals surface area contributed by atoms with Crippen molar-refractivity contribution in [2.24, 2.45) is 0 Å². The molecule has 1 aliphatic heterocycles. The number of anilines is 3. The van der Waals surface area contributed by atoms with Crippen molar-refractivity contribution in [1.29, 1.82) is 0 Å². The molecule has 1 amide bonds. The van der Waals surface area contributed by atoms with Crippen molar-refractivity contribution in [2.45, 2.75) is 32.4 Å². The number of carboxylic acid groups (broad SMARTS) is 2. The maximum atomic E-state index is 13.1. The number of unbranched alkanes of at least 4 members (excludes halogenated alkanes) is 1. The van der Waals surface area contributed by atoms with Crippen LogP contribution < -0.4 is 15.1 Å². The molecule has 0 atom stereocenters. The highest BCUT2D eigenvalue weighted by Crippen LogP contribution is 2.27. The summed E-state index contributed by atoms with van der Waals surface area (Å²) in [6, 6.07) is 11.4. The SMILES string of the molecule is CCCCC(=O)Nc1ccc(N2CCN(c3ccc(F)cc3)CC2)c(C(=O)O)c1.O=C(O)C(F)(F)F. The molecule has 2 aromatic rings. The quantitative estimate of drug-likeness (QED) is 0.464. The summed E-state index contributed by atoms with van der Waals surface area (Å²) in [6.45, 7) is 4.74. The average molecular weight is 513 g/mol. The summed E-state index contributed by atoms with van der Waals surface area (Å²) in [6.07, 6.45) is -2.93. The fourth-order valence-corrected chi connectivity index (χ4v) is 3.48. The van der Waals surface area contributed by atoms with Crippen LogP contribution in [0.3, 0.4) is 0 Å². The van der Waals surface area contributed by atoms with Crippen molar-refractivity contribution in [2.75, 3.05) is 41.3 Å². The van der Waals surface area contributed by atoms with E-state index in [2.05, 4.69) is 10.2 Å². The van der Waals surface area contributed by atoms with Crippen LogP contribution in [0.25, 0.3) is 0 Å². The molecule has 1 fully saturated rings. The molecule has 3 rings (SSSR count). The van der Waals surface area contributed by atoms with Crippen molar-refractivity contribution in [3.05, 3.63) is 53.8 Å². The summed E-state index contributed by atoms with van der Waals surface area (Å²) < 4.78 is 44.9. The summed E-state index contributed by atoms with van der Waals surface area (Å²) in [4.78, 5) is 36.8. The number of aromatic carboxylic acids is 1. The Balaban J connectivity index is 0.000000572. The molecule has 12 heteroatoms. The number of halogens is 4. The van der Waals surface area contributed by atoms with Crippen LogP contribution in [-0.4, -0.2) is 60.4 Å². The molecule has 8 nitrogen and oxygen atoms in total. The highest BCUT2D eigenvalue weighted by molar-refractivity contribution is 5.98. The minimum absolute atomic E-state index is 0.108. The lowest BCUT2D eigenvalue weighted by atomic mass is 10.1. The van der Waals surface area contributed by atoms with Gasteiger partial charge in [-0.25, -0.2) is 14.0 Å². The Hall–Kier alpha value is -3.83. The zero-order valence-corrected chi connectivity index (χ0v) is 19.5. The molecule has 0 aromatic heterocycles. The van der Waals surface area contributed by atoms with Crippen LogP contribution >= 0.6 is 0 Å². The predicted molar refractivity (Wildman–Crippen MR) is 126 cm³/mol. The highest BCUT2D eigenvalue weighted by atomic mass is 19.4. The largest absolute Gasteiger partial charge is 0.490 e. The number of hydrogen-bond donors (Lipinski definition) is 3. The molecular weight excluding hydrogens is 486 g/mol. The molecule has 0 radical (unpaired) electrons. The molecule has 1 aliphatic rings. The second kappa shape index (κ2) is 12.8. The molecule has 0 spiro atoms. The van der Waals surface area contributed by atoms with Gasteiger partial charge in [-0.2, -0.15) is 13.2 Å². The minimum Gasteiger partial charge on any atom is -0.478 e. The molecule has 1 saturated heterocycles. The lowest BCUT2D eigenvalue weighted by Gasteiger charge is -2.38.